The molecule has 0 aliphatic carbocycles. The minimum Gasteiger partial charge on any atom is -0.313 e. The Morgan fingerprint density at radius 3 is 2.44 bits per heavy atom. The normalized spacial score (nSPS) is 12.7. The monoisotopic (exact) mass is 268 g/mol. The fraction of sp³-hybridized carbons (Fsp3) is 0.308. The minimum absolute atomic E-state index is 0.142. The first kappa shape index (κ1) is 13.1. The van der Waals surface area contributed by atoms with Gasteiger partial charge in [0, 0.05) is 23.9 Å². The molecule has 0 radical (unpaired) electrons. The van der Waals surface area contributed by atoms with Gasteiger partial charge in [-0.1, -0.05) is 0 Å². The lowest BCUT2D eigenvalue weighted by atomic mass is 10.0. The number of aromatic nitrogens is 1. The molecule has 2 aromatic rings. The van der Waals surface area contributed by atoms with Crippen LogP contribution in [-0.4, -0.2) is 12.0 Å². The van der Waals surface area contributed by atoms with Crippen LogP contribution in [0.2, 0.25) is 0 Å². The van der Waals surface area contributed by atoms with Crippen LogP contribution >= 0.6 is 11.3 Å². The standard InChI is InChI=1S/C13H14F2N2S/c1-8-17-12(7-18-8)6-13(16-2)9-3-10(14)5-11(15)4-9/h3-5,7,13,16H,6H2,1-2H3. The van der Waals surface area contributed by atoms with E-state index in [1.807, 2.05) is 12.3 Å². The first-order chi connectivity index (χ1) is 8.58. The quantitative estimate of drug-likeness (QED) is 0.921. The first-order valence-electron chi connectivity index (χ1n) is 5.62. The van der Waals surface area contributed by atoms with Crippen molar-refractivity contribution in [2.45, 2.75) is 19.4 Å². The first-order valence-corrected chi connectivity index (χ1v) is 6.50. The zero-order valence-electron chi connectivity index (χ0n) is 10.2. The predicted molar refractivity (Wildman–Crippen MR) is 68.7 cm³/mol. The van der Waals surface area contributed by atoms with E-state index in [0.717, 1.165) is 16.8 Å². The molecule has 1 N–H and O–H groups in total. The van der Waals surface area contributed by atoms with E-state index in [9.17, 15) is 8.78 Å². The number of likely N-dealkylation sites (N-methyl/N-ethyl adjacent to an activating group) is 1. The van der Waals surface area contributed by atoms with Gasteiger partial charge in [-0.3, -0.25) is 0 Å². The van der Waals surface area contributed by atoms with Crippen LogP contribution in [0.5, 0.6) is 0 Å². The smallest absolute Gasteiger partial charge is 0.126 e. The van der Waals surface area contributed by atoms with Gasteiger partial charge in [0.25, 0.3) is 0 Å². The Morgan fingerprint density at radius 1 is 1.28 bits per heavy atom. The SMILES string of the molecule is CNC(Cc1csc(C)n1)c1cc(F)cc(F)c1. The van der Waals surface area contributed by atoms with Crippen LogP contribution in [0.25, 0.3) is 0 Å². The Balaban J connectivity index is 2.22. The van der Waals surface area contributed by atoms with Gasteiger partial charge in [-0.2, -0.15) is 0 Å². The van der Waals surface area contributed by atoms with Crippen LogP contribution < -0.4 is 5.32 Å². The summed E-state index contributed by atoms with van der Waals surface area (Å²) in [6, 6.07) is 3.44. The number of nitrogens with zero attached hydrogens (tertiary/aromatic N) is 1. The molecular weight excluding hydrogens is 254 g/mol. The number of aryl methyl sites for hydroxylation is 1. The number of hydrogen-bond donors (Lipinski definition) is 1. The van der Waals surface area contributed by atoms with Gasteiger partial charge in [-0.05, 0) is 31.7 Å². The Bertz CT molecular complexity index is 519. The van der Waals surface area contributed by atoms with Crippen LogP contribution in [0.15, 0.2) is 23.6 Å². The van der Waals surface area contributed by atoms with Crippen LogP contribution in [0.4, 0.5) is 8.78 Å². The lowest BCUT2D eigenvalue weighted by Crippen LogP contribution is -2.19. The van der Waals surface area contributed by atoms with Crippen LogP contribution in [0, 0.1) is 18.6 Å². The maximum Gasteiger partial charge on any atom is 0.126 e. The van der Waals surface area contributed by atoms with Gasteiger partial charge in [0.2, 0.25) is 0 Å². The highest BCUT2D eigenvalue weighted by atomic mass is 32.1. The Kier molecular flexibility index (Phi) is 4.04. The summed E-state index contributed by atoms with van der Waals surface area (Å²) in [7, 11) is 1.77. The summed E-state index contributed by atoms with van der Waals surface area (Å²) in [5.74, 6) is -1.11. The number of hydrogen-bond acceptors (Lipinski definition) is 3. The molecular formula is C13H14F2N2S. The third-order valence-corrected chi connectivity index (χ3v) is 3.54. The summed E-state index contributed by atoms with van der Waals surface area (Å²) < 4.78 is 26.4. The third-order valence-electron chi connectivity index (χ3n) is 2.72. The minimum atomic E-state index is -0.556. The Morgan fingerprint density at radius 2 is 1.94 bits per heavy atom. The van der Waals surface area contributed by atoms with Gasteiger partial charge in [0.1, 0.15) is 11.6 Å². The van der Waals surface area contributed by atoms with Gasteiger partial charge >= 0.3 is 0 Å². The van der Waals surface area contributed by atoms with Gasteiger partial charge in [-0.15, -0.1) is 11.3 Å². The van der Waals surface area contributed by atoms with E-state index in [0.29, 0.717) is 12.0 Å². The molecule has 18 heavy (non-hydrogen) atoms. The molecule has 0 spiro atoms. The highest BCUT2D eigenvalue weighted by Gasteiger charge is 2.14. The summed E-state index contributed by atoms with van der Waals surface area (Å²) in [6.07, 6.45) is 0.615. The van der Waals surface area contributed by atoms with Crippen molar-refractivity contribution in [3.8, 4) is 0 Å². The van der Waals surface area contributed by atoms with Crippen molar-refractivity contribution < 1.29 is 8.78 Å². The topological polar surface area (TPSA) is 24.9 Å². The zero-order valence-corrected chi connectivity index (χ0v) is 11.0. The molecule has 96 valence electrons. The highest BCUT2D eigenvalue weighted by Crippen LogP contribution is 2.21. The molecule has 0 aliphatic rings. The lowest BCUT2D eigenvalue weighted by Gasteiger charge is -2.15. The van der Waals surface area contributed by atoms with E-state index in [2.05, 4.69) is 10.3 Å². The molecule has 1 aromatic heterocycles. The van der Waals surface area contributed by atoms with Crippen molar-refractivity contribution in [1.82, 2.24) is 10.3 Å². The predicted octanol–water partition coefficient (Wildman–Crippen LogP) is 3.23. The average molecular weight is 268 g/mol. The Labute approximate surface area is 109 Å². The van der Waals surface area contributed by atoms with Gasteiger partial charge in [0.15, 0.2) is 0 Å². The average Bonchev–Trinajstić information content (AvgIpc) is 2.70. The number of thiazole rings is 1. The molecule has 1 unspecified atom stereocenters. The number of benzene rings is 1. The van der Waals surface area contributed by atoms with Crippen LogP contribution in [0.3, 0.4) is 0 Å². The molecule has 2 rings (SSSR count). The fourth-order valence-electron chi connectivity index (χ4n) is 1.87. The summed E-state index contributed by atoms with van der Waals surface area (Å²) in [5, 5.41) is 6.02. The van der Waals surface area contributed by atoms with Crippen molar-refractivity contribution in [3.05, 3.63) is 51.5 Å². The van der Waals surface area contributed by atoms with Crippen molar-refractivity contribution in [3.63, 3.8) is 0 Å². The number of halogens is 2. The lowest BCUT2D eigenvalue weighted by molar-refractivity contribution is 0.548. The second kappa shape index (κ2) is 5.54. The Hall–Kier alpha value is -1.33. The van der Waals surface area contributed by atoms with E-state index in [4.69, 9.17) is 0 Å². The summed E-state index contributed by atoms with van der Waals surface area (Å²) in [4.78, 5) is 4.36. The number of rotatable bonds is 4. The highest BCUT2D eigenvalue weighted by molar-refractivity contribution is 7.09. The summed E-state index contributed by atoms with van der Waals surface area (Å²) in [6.45, 7) is 1.93. The summed E-state index contributed by atoms with van der Waals surface area (Å²) >= 11 is 1.57. The second-order valence-electron chi connectivity index (χ2n) is 4.11. The summed E-state index contributed by atoms with van der Waals surface area (Å²) in [5.41, 5.74) is 1.53. The molecule has 0 amide bonds. The fourth-order valence-corrected chi connectivity index (χ4v) is 2.50. The van der Waals surface area contributed by atoms with Crippen molar-refractivity contribution in [1.29, 1.82) is 0 Å². The van der Waals surface area contributed by atoms with E-state index in [1.54, 1.807) is 18.4 Å². The molecule has 5 heteroatoms. The molecule has 1 heterocycles. The molecule has 2 nitrogen and oxygen atoms in total. The zero-order chi connectivity index (χ0) is 13.1. The molecule has 0 bridgehead atoms. The van der Waals surface area contributed by atoms with Crippen molar-refractivity contribution in [2.75, 3.05) is 7.05 Å². The number of nitrogens with one attached hydrogen (secondary N) is 1. The van der Waals surface area contributed by atoms with E-state index >= 15 is 0 Å². The van der Waals surface area contributed by atoms with Crippen LogP contribution in [0.1, 0.15) is 22.3 Å². The largest absolute Gasteiger partial charge is 0.313 e. The molecule has 0 fully saturated rings. The van der Waals surface area contributed by atoms with E-state index < -0.39 is 11.6 Å². The molecule has 0 saturated heterocycles. The van der Waals surface area contributed by atoms with Gasteiger partial charge in [-0.25, -0.2) is 13.8 Å². The van der Waals surface area contributed by atoms with Crippen molar-refractivity contribution in [2.24, 2.45) is 0 Å². The maximum atomic E-state index is 13.2. The second-order valence-corrected chi connectivity index (χ2v) is 5.17. The molecule has 0 aliphatic heterocycles. The van der Waals surface area contributed by atoms with Gasteiger partial charge in [0.05, 0.1) is 10.7 Å². The third kappa shape index (κ3) is 3.11. The molecule has 1 aromatic carbocycles. The van der Waals surface area contributed by atoms with Crippen LogP contribution in [-0.2, 0) is 6.42 Å². The maximum absolute atomic E-state index is 13.2. The van der Waals surface area contributed by atoms with E-state index in [-0.39, 0.29) is 6.04 Å². The van der Waals surface area contributed by atoms with Crippen molar-refractivity contribution >= 4 is 11.3 Å². The van der Waals surface area contributed by atoms with Gasteiger partial charge < -0.3 is 5.32 Å². The molecule has 1 atom stereocenters. The molecule has 0 saturated carbocycles. The van der Waals surface area contributed by atoms with E-state index in [1.165, 1.54) is 12.1 Å².